The van der Waals surface area contributed by atoms with Gasteiger partial charge in [-0.1, -0.05) is 13.8 Å². The first-order chi connectivity index (χ1) is 8.94. The highest BCUT2D eigenvalue weighted by molar-refractivity contribution is 7.89. The van der Waals surface area contributed by atoms with Gasteiger partial charge in [0.1, 0.15) is 0 Å². The number of nitrogens with zero attached hydrogens (tertiary/aromatic N) is 1. The molecule has 6 nitrogen and oxygen atoms in total. The highest BCUT2D eigenvalue weighted by atomic mass is 32.2. The quantitative estimate of drug-likeness (QED) is 0.767. The summed E-state index contributed by atoms with van der Waals surface area (Å²) in [5.41, 5.74) is 6.04. The summed E-state index contributed by atoms with van der Waals surface area (Å²) in [6.45, 7) is 4.46. The van der Waals surface area contributed by atoms with Gasteiger partial charge in [0, 0.05) is 18.2 Å². The van der Waals surface area contributed by atoms with Crippen LogP contribution in [0.2, 0.25) is 0 Å². The van der Waals surface area contributed by atoms with Gasteiger partial charge in [0.05, 0.1) is 6.20 Å². The Morgan fingerprint density at radius 1 is 1.47 bits per heavy atom. The first kappa shape index (κ1) is 14.5. The van der Waals surface area contributed by atoms with Crippen LogP contribution in [0.5, 0.6) is 0 Å². The van der Waals surface area contributed by atoms with Crippen molar-refractivity contribution in [1.82, 2.24) is 14.9 Å². The molecule has 1 aromatic rings. The van der Waals surface area contributed by atoms with Gasteiger partial charge in [-0.3, -0.25) is 5.10 Å². The summed E-state index contributed by atoms with van der Waals surface area (Å²) >= 11 is 0. The Morgan fingerprint density at radius 3 is 2.84 bits per heavy atom. The van der Waals surface area contributed by atoms with Gasteiger partial charge in [-0.05, 0) is 31.1 Å². The van der Waals surface area contributed by atoms with Gasteiger partial charge in [0.25, 0.3) is 10.0 Å². The van der Waals surface area contributed by atoms with Crippen LogP contribution in [0.25, 0.3) is 0 Å². The van der Waals surface area contributed by atoms with Crippen LogP contribution >= 0.6 is 0 Å². The molecule has 1 saturated carbocycles. The number of hydrogen-bond donors (Lipinski definition) is 3. The average molecular weight is 286 g/mol. The monoisotopic (exact) mass is 286 g/mol. The number of H-pyrrole nitrogens is 1. The zero-order chi connectivity index (χ0) is 14.0. The molecule has 108 valence electrons. The van der Waals surface area contributed by atoms with E-state index in [4.69, 9.17) is 5.73 Å². The van der Waals surface area contributed by atoms with E-state index in [0.29, 0.717) is 17.4 Å². The summed E-state index contributed by atoms with van der Waals surface area (Å²) in [4.78, 5) is 0. The number of sulfonamides is 1. The zero-order valence-corrected chi connectivity index (χ0v) is 12.2. The first-order valence-electron chi connectivity index (χ1n) is 6.68. The fourth-order valence-electron chi connectivity index (χ4n) is 2.78. The molecule has 0 saturated heterocycles. The Balaban J connectivity index is 2.14. The molecular weight excluding hydrogens is 264 g/mol. The standard InChI is InChI=1S/C12H22N4O2S/c1-8-3-4-11(9(2)5-8)16-19(17,18)12-10(6-13)7-14-15-12/h7-9,11,16H,3-6,13H2,1-2H3,(H,14,15). The molecule has 3 atom stereocenters. The minimum Gasteiger partial charge on any atom is -0.326 e. The van der Waals surface area contributed by atoms with Gasteiger partial charge >= 0.3 is 0 Å². The molecule has 1 aromatic heterocycles. The lowest BCUT2D eigenvalue weighted by Gasteiger charge is -2.32. The number of nitrogens with one attached hydrogen (secondary N) is 2. The maximum atomic E-state index is 12.3. The summed E-state index contributed by atoms with van der Waals surface area (Å²) in [6, 6.07) is -0.00451. The minimum atomic E-state index is -3.56. The number of rotatable bonds is 4. The van der Waals surface area contributed by atoms with Crippen molar-refractivity contribution in [1.29, 1.82) is 0 Å². The molecule has 4 N–H and O–H groups in total. The second-order valence-corrected chi connectivity index (χ2v) is 7.20. The van der Waals surface area contributed by atoms with E-state index in [1.54, 1.807) is 0 Å². The van der Waals surface area contributed by atoms with E-state index in [1.807, 2.05) is 0 Å². The number of nitrogens with two attached hydrogens (primary N) is 1. The van der Waals surface area contributed by atoms with Gasteiger partial charge in [-0.2, -0.15) is 5.10 Å². The summed E-state index contributed by atoms with van der Waals surface area (Å²) in [6.07, 6.45) is 4.46. The molecule has 2 rings (SSSR count). The van der Waals surface area contributed by atoms with Gasteiger partial charge in [0.2, 0.25) is 0 Å². The van der Waals surface area contributed by atoms with Crippen LogP contribution in [-0.2, 0) is 16.6 Å². The van der Waals surface area contributed by atoms with E-state index in [9.17, 15) is 8.42 Å². The average Bonchev–Trinajstić information content (AvgIpc) is 2.82. The van der Waals surface area contributed by atoms with Crippen molar-refractivity contribution < 1.29 is 8.42 Å². The van der Waals surface area contributed by atoms with Crippen molar-refractivity contribution in [3.63, 3.8) is 0 Å². The predicted molar refractivity (Wildman–Crippen MR) is 72.8 cm³/mol. The van der Waals surface area contributed by atoms with E-state index < -0.39 is 10.0 Å². The van der Waals surface area contributed by atoms with Crippen LogP contribution in [0.4, 0.5) is 0 Å². The predicted octanol–water partition coefficient (Wildman–Crippen LogP) is 0.971. The molecule has 3 unspecified atom stereocenters. The van der Waals surface area contributed by atoms with Gasteiger partial charge in [-0.15, -0.1) is 0 Å². The Bertz CT molecular complexity index is 526. The molecule has 1 heterocycles. The third-order valence-corrected chi connectivity index (χ3v) is 5.41. The Morgan fingerprint density at radius 2 is 2.21 bits per heavy atom. The second-order valence-electron chi connectivity index (χ2n) is 5.55. The maximum absolute atomic E-state index is 12.3. The van der Waals surface area contributed by atoms with E-state index >= 15 is 0 Å². The number of aromatic amines is 1. The lowest BCUT2D eigenvalue weighted by Crippen LogP contribution is -2.42. The van der Waals surface area contributed by atoms with Crippen LogP contribution in [0, 0.1) is 11.8 Å². The second kappa shape index (κ2) is 5.60. The van der Waals surface area contributed by atoms with Crippen molar-refractivity contribution in [2.24, 2.45) is 17.6 Å². The summed E-state index contributed by atoms with van der Waals surface area (Å²) < 4.78 is 27.4. The fourth-order valence-corrected chi connectivity index (χ4v) is 4.30. The SMILES string of the molecule is CC1CCC(NS(=O)(=O)c2[nH]ncc2CN)C(C)C1. The molecule has 0 aromatic carbocycles. The van der Waals surface area contributed by atoms with Crippen LogP contribution in [0.3, 0.4) is 0 Å². The number of hydrogen-bond acceptors (Lipinski definition) is 4. The maximum Gasteiger partial charge on any atom is 0.258 e. The molecule has 0 spiro atoms. The Labute approximate surface area is 114 Å². The molecule has 19 heavy (non-hydrogen) atoms. The van der Waals surface area contributed by atoms with Gasteiger partial charge in [0.15, 0.2) is 5.03 Å². The van der Waals surface area contributed by atoms with Crippen molar-refractivity contribution in [2.45, 2.75) is 50.7 Å². The van der Waals surface area contributed by atoms with Crippen LogP contribution in [0.15, 0.2) is 11.2 Å². The topological polar surface area (TPSA) is 101 Å². The molecular formula is C12H22N4O2S. The van der Waals surface area contributed by atoms with E-state index in [0.717, 1.165) is 19.3 Å². The third-order valence-electron chi connectivity index (χ3n) is 3.90. The minimum absolute atomic E-state index is 0.00451. The van der Waals surface area contributed by atoms with Gasteiger partial charge < -0.3 is 5.73 Å². The lowest BCUT2D eigenvalue weighted by molar-refractivity contribution is 0.249. The van der Waals surface area contributed by atoms with E-state index in [1.165, 1.54) is 6.20 Å². The summed E-state index contributed by atoms with van der Waals surface area (Å²) in [7, 11) is -3.56. The van der Waals surface area contributed by atoms with Crippen molar-refractivity contribution in [3.8, 4) is 0 Å². The molecule has 7 heteroatoms. The van der Waals surface area contributed by atoms with Crippen LogP contribution in [0.1, 0.15) is 38.7 Å². The number of aromatic nitrogens is 2. The first-order valence-corrected chi connectivity index (χ1v) is 8.17. The van der Waals surface area contributed by atoms with Crippen LogP contribution in [-0.4, -0.2) is 24.7 Å². The molecule has 0 radical (unpaired) electrons. The Hall–Kier alpha value is -0.920. The largest absolute Gasteiger partial charge is 0.326 e. The summed E-state index contributed by atoms with van der Waals surface area (Å²) in [5, 5.41) is 6.39. The molecule has 0 amide bonds. The highest BCUT2D eigenvalue weighted by Crippen LogP contribution is 2.29. The molecule has 1 aliphatic carbocycles. The third kappa shape index (κ3) is 3.16. The highest BCUT2D eigenvalue weighted by Gasteiger charge is 2.30. The van der Waals surface area contributed by atoms with Crippen molar-refractivity contribution in [2.75, 3.05) is 0 Å². The van der Waals surface area contributed by atoms with Crippen molar-refractivity contribution in [3.05, 3.63) is 11.8 Å². The van der Waals surface area contributed by atoms with Crippen LogP contribution < -0.4 is 10.5 Å². The zero-order valence-electron chi connectivity index (χ0n) is 11.4. The normalized spacial score (nSPS) is 28.5. The Kier molecular flexibility index (Phi) is 4.27. The molecule has 0 bridgehead atoms. The van der Waals surface area contributed by atoms with E-state index in [2.05, 4.69) is 28.8 Å². The fraction of sp³-hybridized carbons (Fsp3) is 0.750. The molecule has 1 aliphatic rings. The lowest BCUT2D eigenvalue weighted by atomic mass is 9.80. The van der Waals surface area contributed by atoms with E-state index in [-0.39, 0.29) is 17.6 Å². The van der Waals surface area contributed by atoms with Crippen molar-refractivity contribution >= 4 is 10.0 Å². The summed E-state index contributed by atoms with van der Waals surface area (Å²) in [5.74, 6) is 1.02. The smallest absolute Gasteiger partial charge is 0.258 e. The molecule has 1 fully saturated rings. The molecule has 0 aliphatic heterocycles. The van der Waals surface area contributed by atoms with Gasteiger partial charge in [-0.25, -0.2) is 13.1 Å².